The smallest absolute Gasteiger partial charge is 0.161 e. The fraction of sp³-hybridized carbons (Fsp3) is 0.647. The third-order valence-electron chi connectivity index (χ3n) is 4.57. The van der Waals surface area contributed by atoms with E-state index in [9.17, 15) is 0 Å². The molecule has 0 aliphatic heterocycles. The van der Waals surface area contributed by atoms with Gasteiger partial charge in [-0.05, 0) is 36.5 Å². The van der Waals surface area contributed by atoms with Crippen molar-refractivity contribution in [2.24, 2.45) is 11.8 Å². The van der Waals surface area contributed by atoms with Gasteiger partial charge in [0.2, 0.25) is 0 Å². The molecule has 0 bridgehead atoms. The first-order chi connectivity index (χ1) is 10.3. The van der Waals surface area contributed by atoms with E-state index in [4.69, 9.17) is 15.3 Å². The zero-order valence-corrected chi connectivity index (χ0v) is 13.2. The van der Waals surface area contributed by atoms with E-state index in [0.717, 1.165) is 11.5 Å². The minimum absolute atomic E-state index is 0.183. The predicted octanol–water partition coefficient (Wildman–Crippen LogP) is 3.57. The van der Waals surface area contributed by atoms with E-state index < -0.39 is 0 Å². The number of benzene rings is 1. The van der Waals surface area contributed by atoms with Crippen LogP contribution in [0.2, 0.25) is 0 Å². The Kier molecular flexibility index (Phi) is 6.33. The number of hydrogen-bond acceptors (Lipinski definition) is 4. The molecule has 1 aromatic rings. The van der Waals surface area contributed by atoms with E-state index in [1.807, 2.05) is 12.1 Å². The molecule has 1 aromatic carbocycles. The van der Waals surface area contributed by atoms with Crippen LogP contribution in [-0.4, -0.2) is 14.2 Å². The van der Waals surface area contributed by atoms with Gasteiger partial charge >= 0.3 is 0 Å². The number of nitrogens with two attached hydrogens (primary N) is 1. The largest absolute Gasteiger partial charge is 0.493 e. The van der Waals surface area contributed by atoms with Gasteiger partial charge in [-0.3, -0.25) is 11.3 Å². The molecule has 118 valence electrons. The summed E-state index contributed by atoms with van der Waals surface area (Å²) in [6.45, 7) is 0. The molecule has 1 atom stereocenters. The van der Waals surface area contributed by atoms with E-state index in [-0.39, 0.29) is 6.04 Å². The second kappa shape index (κ2) is 8.25. The van der Waals surface area contributed by atoms with Gasteiger partial charge in [-0.2, -0.15) is 0 Å². The molecule has 1 fully saturated rings. The molecule has 0 heterocycles. The lowest BCUT2D eigenvalue weighted by Crippen LogP contribution is -2.34. The third kappa shape index (κ3) is 4.11. The highest BCUT2D eigenvalue weighted by Gasteiger charge is 2.23. The summed E-state index contributed by atoms with van der Waals surface area (Å²) in [6, 6.07) is 6.27. The number of rotatable bonds is 5. The first kappa shape index (κ1) is 16.1. The molecule has 4 nitrogen and oxygen atoms in total. The summed E-state index contributed by atoms with van der Waals surface area (Å²) in [5, 5.41) is 0. The molecule has 1 aliphatic carbocycles. The van der Waals surface area contributed by atoms with Crippen molar-refractivity contribution in [3.05, 3.63) is 23.8 Å². The van der Waals surface area contributed by atoms with Crippen LogP contribution in [0.5, 0.6) is 11.5 Å². The highest BCUT2D eigenvalue weighted by molar-refractivity contribution is 5.43. The second-order valence-electron chi connectivity index (χ2n) is 5.86. The average Bonchev–Trinajstić information content (AvgIpc) is 2.49. The van der Waals surface area contributed by atoms with Crippen LogP contribution < -0.4 is 20.7 Å². The first-order valence-corrected chi connectivity index (χ1v) is 7.98. The minimum Gasteiger partial charge on any atom is -0.493 e. The molecule has 4 heteroatoms. The maximum Gasteiger partial charge on any atom is 0.161 e. The van der Waals surface area contributed by atoms with Gasteiger partial charge in [0.15, 0.2) is 11.5 Å². The predicted molar refractivity (Wildman–Crippen MR) is 85.4 cm³/mol. The SMILES string of the molecule is COc1ccc(C(NN)C2CCCCCCC2)cc1OC. The topological polar surface area (TPSA) is 56.5 Å². The summed E-state index contributed by atoms with van der Waals surface area (Å²) in [6.07, 6.45) is 9.15. The first-order valence-electron chi connectivity index (χ1n) is 7.98. The van der Waals surface area contributed by atoms with Crippen molar-refractivity contribution in [1.29, 1.82) is 0 Å². The quantitative estimate of drug-likeness (QED) is 0.643. The summed E-state index contributed by atoms with van der Waals surface area (Å²) in [4.78, 5) is 0. The van der Waals surface area contributed by atoms with Crippen LogP contribution >= 0.6 is 0 Å². The lowest BCUT2D eigenvalue weighted by Gasteiger charge is -2.29. The van der Waals surface area contributed by atoms with Crippen LogP contribution in [0.1, 0.15) is 56.6 Å². The normalized spacial score (nSPS) is 18.6. The lowest BCUT2D eigenvalue weighted by atomic mass is 9.83. The van der Waals surface area contributed by atoms with Crippen molar-refractivity contribution >= 4 is 0 Å². The van der Waals surface area contributed by atoms with Crippen LogP contribution in [-0.2, 0) is 0 Å². The minimum atomic E-state index is 0.183. The molecule has 2 rings (SSSR count). The molecule has 0 amide bonds. The Bertz CT molecular complexity index is 429. The standard InChI is InChI=1S/C17H28N2O2/c1-20-15-11-10-14(12-16(15)21-2)17(19-18)13-8-6-4-3-5-7-9-13/h10-13,17,19H,3-9,18H2,1-2H3. The van der Waals surface area contributed by atoms with Gasteiger partial charge in [0, 0.05) is 6.04 Å². The number of hydrazine groups is 1. The molecule has 1 unspecified atom stereocenters. The van der Waals surface area contributed by atoms with Gasteiger partial charge in [-0.25, -0.2) is 0 Å². The summed E-state index contributed by atoms with van der Waals surface area (Å²) in [7, 11) is 3.33. The molecule has 1 aliphatic rings. The van der Waals surface area contributed by atoms with Gasteiger partial charge < -0.3 is 9.47 Å². The van der Waals surface area contributed by atoms with Crippen LogP contribution in [0, 0.1) is 5.92 Å². The van der Waals surface area contributed by atoms with Crippen molar-refractivity contribution < 1.29 is 9.47 Å². The fourth-order valence-electron chi connectivity index (χ4n) is 3.37. The Morgan fingerprint density at radius 3 is 2.19 bits per heavy atom. The lowest BCUT2D eigenvalue weighted by molar-refractivity contribution is 0.289. The van der Waals surface area contributed by atoms with E-state index in [2.05, 4.69) is 11.5 Å². The van der Waals surface area contributed by atoms with Gasteiger partial charge in [0.1, 0.15) is 0 Å². The van der Waals surface area contributed by atoms with Gasteiger partial charge in [0.25, 0.3) is 0 Å². The third-order valence-corrected chi connectivity index (χ3v) is 4.57. The van der Waals surface area contributed by atoms with Crippen molar-refractivity contribution in [2.75, 3.05) is 14.2 Å². The molecule has 0 spiro atoms. The summed E-state index contributed by atoms with van der Waals surface area (Å²) in [5.74, 6) is 7.98. The Morgan fingerprint density at radius 1 is 1.00 bits per heavy atom. The zero-order valence-electron chi connectivity index (χ0n) is 13.2. The molecular weight excluding hydrogens is 264 g/mol. The highest BCUT2D eigenvalue weighted by atomic mass is 16.5. The Hall–Kier alpha value is -1.26. The highest BCUT2D eigenvalue weighted by Crippen LogP contribution is 2.36. The van der Waals surface area contributed by atoms with Gasteiger partial charge in [-0.15, -0.1) is 0 Å². The van der Waals surface area contributed by atoms with Crippen LogP contribution in [0.4, 0.5) is 0 Å². The Balaban J connectivity index is 2.18. The Labute approximate surface area is 128 Å². The summed E-state index contributed by atoms with van der Waals surface area (Å²) >= 11 is 0. The summed E-state index contributed by atoms with van der Waals surface area (Å²) < 4.78 is 10.7. The molecule has 0 aromatic heterocycles. The van der Waals surface area contributed by atoms with Crippen molar-refractivity contribution in [1.82, 2.24) is 5.43 Å². The summed E-state index contributed by atoms with van der Waals surface area (Å²) in [5.41, 5.74) is 4.21. The van der Waals surface area contributed by atoms with Crippen molar-refractivity contribution in [2.45, 2.75) is 51.0 Å². The number of methoxy groups -OCH3 is 2. The molecule has 0 saturated heterocycles. The van der Waals surface area contributed by atoms with Gasteiger partial charge in [-0.1, -0.05) is 38.2 Å². The number of hydrogen-bond donors (Lipinski definition) is 2. The maximum atomic E-state index is 5.87. The van der Waals surface area contributed by atoms with Crippen molar-refractivity contribution in [3.8, 4) is 11.5 Å². The van der Waals surface area contributed by atoms with Gasteiger partial charge in [0.05, 0.1) is 14.2 Å². The van der Waals surface area contributed by atoms with E-state index in [0.29, 0.717) is 5.92 Å². The maximum absolute atomic E-state index is 5.87. The van der Waals surface area contributed by atoms with Crippen LogP contribution in [0.3, 0.4) is 0 Å². The zero-order chi connectivity index (χ0) is 15.1. The Morgan fingerprint density at radius 2 is 1.62 bits per heavy atom. The number of ether oxygens (including phenoxy) is 2. The van der Waals surface area contributed by atoms with E-state index in [1.54, 1.807) is 14.2 Å². The molecule has 0 radical (unpaired) electrons. The monoisotopic (exact) mass is 292 g/mol. The van der Waals surface area contributed by atoms with Crippen LogP contribution in [0.15, 0.2) is 18.2 Å². The van der Waals surface area contributed by atoms with Crippen LogP contribution in [0.25, 0.3) is 0 Å². The molecule has 1 saturated carbocycles. The second-order valence-corrected chi connectivity index (χ2v) is 5.86. The fourth-order valence-corrected chi connectivity index (χ4v) is 3.37. The van der Waals surface area contributed by atoms with E-state index >= 15 is 0 Å². The van der Waals surface area contributed by atoms with E-state index in [1.165, 1.54) is 50.5 Å². The molecule has 21 heavy (non-hydrogen) atoms. The van der Waals surface area contributed by atoms with Crippen molar-refractivity contribution in [3.63, 3.8) is 0 Å². The number of nitrogens with one attached hydrogen (secondary N) is 1. The average molecular weight is 292 g/mol. The molecular formula is C17H28N2O2. The molecule has 3 N–H and O–H groups in total.